The highest BCUT2D eigenvalue weighted by Gasteiger charge is 2.12. The van der Waals surface area contributed by atoms with Crippen LogP contribution in [0.4, 0.5) is 0 Å². The molecule has 0 radical (unpaired) electrons. The molecule has 0 atom stereocenters. The van der Waals surface area contributed by atoms with Crippen LogP contribution in [0.1, 0.15) is 124 Å². The molecule has 3 aromatic rings. The first kappa shape index (κ1) is 34.7. The van der Waals surface area contributed by atoms with Crippen molar-refractivity contribution < 1.29 is 28.5 Å². The summed E-state index contributed by atoms with van der Waals surface area (Å²) in [6, 6.07) is 20.3. The summed E-state index contributed by atoms with van der Waals surface area (Å²) in [6.07, 6.45) is 17.3. The van der Waals surface area contributed by atoms with Crippen molar-refractivity contribution in [1.82, 2.24) is 0 Å². The Morgan fingerprint density at radius 2 is 0.705 bits per heavy atom. The second kappa shape index (κ2) is 21.0. The summed E-state index contributed by atoms with van der Waals surface area (Å²) >= 11 is 0. The van der Waals surface area contributed by atoms with Gasteiger partial charge in [0.1, 0.15) is 23.0 Å². The van der Waals surface area contributed by atoms with Gasteiger partial charge in [0, 0.05) is 0 Å². The third-order valence-electron chi connectivity index (χ3n) is 7.46. The lowest BCUT2D eigenvalue weighted by Crippen LogP contribution is -2.09. The number of benzene rings is 3. The van der Waals surface area contributed by atoms with Crippen molar-refractivity contribution in [3.05, 3.63) is 83.9 Å². The fourth-order valence-corrected chi connectivity index (χ4v) is 4.78. The number of ether oxygens (including phenoxy) is 4. The standard InChI is InChI=1S/C38H50O6/c1-3-5-7-9-11-13-15-29-41-33-21-17-31(18-22-33)37(39)43-35-25-27-36(28-26-35)44-38(40)32-19-23-34(24-20-32)42-30-16-14-12-10-8-6-4-2/h17-28H,3-16,29-30H2,1-2H3. The molecule has 0 heterocycles. The topological polar surface area (TPSA) is 71.1 Å². The predicted molar refractivity (Wildman–Crippen MR) is 176 cm³/mol. The van der Waals surface area contributed by atoms with Gasteiger partial charge in [-0.05, 0) is 85.6 Å². The van der Waals surface area contributed by atoms with Crippen LogP contribution < -0.4 is 18.9 Å². The van der Waals surface area contributed by atoms with E-state index in [0.717, 1.165) is 24.3 Å². The Morgan fingerprint density at radius 3 is 1.05 bits per heavy atom. The average molecular weight is 603 g/mol. The third kappa shape index (κ3) is 13.7. The minimum absolute atomic E-state index is 0.358. The van der Waals surface area contributed by atoms with E-state index in [0.29, 0.717) is 35.8 Å². The van der Waals surface area contributed by atoms with Gasteiger partial charge in [-0.1, -0.05) is 90.9 Å². The third-order valence-corrected chi connectivity index (χ3v) is 7.46. The van der Waals surface area contributed by atoms with Crippen molar-refractivity contribution in [3.8, 4) is 23.0 Å². The molecule has 0 spiro atoms. The molecule has 6 nitrogen and oxygen atoms in total. The molecule has 0 unspecified atom stereocenters. The van der Waals surface area contributed by atoms with Crippen molar-refractivity contribution in [1.29, 1.82) is 0 Å². The van der Waals surface area contributed by atoms with Gasteiger partial charge >= 0.3 is 11.9 Å². The SMILES string of the molecule is CCCCCCCCCOc1ccc(C(=O)Oc2ccc(OC(=O)c3ccc(OCCCCCCCCC)cc3)cc2)cc1. The Bertz CT molecular complexity index is 1110. The summed E-state index contributed by atoms with van der Waals surface area (Å²) in [6.45, 7) is 5.81. The first-order valence-electron chi connectivity index (χ1n) is 16.6. The van der Waals surface area contributed by atoms with Crippen LogP contribution in [0.25, 0.3) is 0 Å². The molecule has 238 valence electrons. The maximum Gasteiger partial charge on any atom is 0.343 e. The zero-order valence-corrected chi connectivity index (χ0v) is 26.7. The molecule has 3 aromatic carbocycles. The van der Waals surface area contributed by atoms with E-state index in [4.69, 9.17) is 18.9 Å². The summed E-state index contributed by atoms with van der Waals surface area (Å²) < 4.78 is 22.6. The molecular weight excluding hydrogens is 552 g/mol. The number of hydrogen-bond donors (Lipinski definition) is 0. The number of unbranched alkanes of at least 4 members (excludes halogenated alkanes) is 12. The minimum atomic E-state index is -0.470. The average Bonchev–Trinajstić information content (AvgIpc) is 3.05. The Labute approximate surface area is 264 Å². The second-order valence-electron chi connectivity index (χ2n) is 11.2. The van der Waals surface area contributed by atoms with Crippen molar-refractivity contribution in [2.45, 2.75) is 104 Å². The summed E-state index contributed by atoms with van der Waals surface area (Å²) in [7, 11) is 0. The highest BCUT2D eigenvalue weighted by molar-refractivity contribution is 5.92. The van der Waals surface area contributed by atoms with Gasteiger partial charge in [0.15, 0.2) is 0 Å². The van der Waals surface area contributed by atoms with Gasteiger partial charge in [-0.15, -0.1) is 0 Å². The van der Waals surface area contributed by atoms with Gasteiger partial charge in [0.2, 0.25) is 0 Å². The molecule has 6 heteroatoms. The van der Waals surface area contributed by atoms with Crippen molar-refractivity contribution in [3.63, 3.8) is 0 Å². The zero-order valence-electron chi connectivity index (χ0n) is 26.7. The van der Waals surface area contributed by atoms with Gasteiger partial charge < -0.3 is 18.9 Å². The molecule has 0 N–H and O–H groups in total. The number of carbonyl (C=O) groups excluding carboxylic acids is 2. The highest BCUT2D eigenvalue weighted by atomic mass is 16.5. The van der Waals surface area contributed by atoms with E-state index in [1.807, 2.05) is 0 Å². The monoisotopic (exact) mass is 602 g/mol. The highest BCUT2D eigenvalue weighted by Crippen LogP contribution is 2.22. The molecule has 0 saturated heterocycles. The van der Waals surface area contributed by atoms with Gasteiger partial charge in [0.05, 0.1) is 24.3 Å². The van der Waals surface area contributed by atoms with Crippen LogP contribution in [0.15, 0.2) is 72.8 Å². The van der Waals surface area contributed by atoms with Crippen molar-refractivity contribution in [2.24, 2.45) is 0 Å². The molecule has 3 rings (SSSR count). The first-order valence-corrected chi connectivity index (χ1v) is 16.6. The first-order chi connectivity index (χ1) is 21.6. The molecule has 0 fully saturated rings. The zero-order chi connectivity index (χ0) is 31.2. The Kier molecular flexibility index (Phi) is 16.5. The van der Waals surface area contributed by atoms with E-state index in [-0.39, 0.29) is 0 Å². The lowest BCUT2D eigenvalue weighted by Gasteiger charge is -2.09. The van der Waals surface area contributed by atoms with Gasteiger partial charge in [0.25, 0.3) is 0 Å². The Morgan fingerprint density at radius 1 is 0.409 bits per heavy atom. The van der Waals surface area contributed by atoms with Crippen LogP contribution in [0, 0.1) is 0 Å². The maximum atomic E-state index is 12.6. The Hall–Kier alpha value is -3.80. The van der Waals surface area contributed by atoms with Gasteiger partial charge in [-0.3, -0.25) is 0 Å². The summed E-state index contributed by atoms with van der Waals surface area (Å²) in [5.74, 6) is 1.26. The quantitative estimate of drug-likeness (QED) is 0.0647. The normalized spacial score (nSPS) is 10.8. The molecule has 0 aliphatic heterocycles. The number of carbonyl (C=O) groups is 2. The van der Waals surface area contributed by atoms with Crippen molar-refractivity contribution >= 4 is 11.9 Å². The van der Waals surface area contributed by atoms with Crippen molar-refractivity contribution in [2.75, 3.05) is 13.2 Å². The fourth-order valence-electron chi connectivity index (χ4n) is 4.78. The molecule has 0 aliphatic rings. The lowest BCUT2D eigenvalue weighted by atomic mass is 10.1. The number of rotatable bonds is 22. The van der Waals surface area contributed by atoms with E-state index >= 15 is 0 Å². The smallest absolute Gasteiger partial charge is 0.343 e. The summed E-state index contributed by atoms with van der Waals surface area (Å²) in [5, 5.41) is 0. The Balaban J connectivity index is 1.34. The van der Waals surface area contributed by atoms with Crippen LogP contribution in [-0.4, -0.2) is 25.2 Å². The summed E-state index contributed by atoms with van der Waals surface area (Å²) in [5.41, 5.74) is 0.859. The second-order valence-corrected chi connectivity index (χ2v) is 11.2. The molecule has 0 saturated carbocycles. The van der Waals surface area contributed by atoms with Crippen LogP contribution in [-0.2, 0) is 0 Å². The summed E-state index contributed by atoms with van der Waals surface area (Å²) in [4.78, 5) is 25.2. The van der Waals surface area contributed by atoms with E-state index in [9.17, 15) is 9.59 Å². The number of hydrogen-bond acceptors (Lipinski definition) is 6. The van der Waals surface area contributed by atoms with E-state index in [1.165, 1.54) is 77.0 Å². The van der Waals surface area contributed by atoms with Crippen LogP contribution in [0.3, 0.4) is 0 Å². The van der Waals surface area contributed by atoms with Crippen LogP contribution >= 0.6 is 0 Å². The maximum absolute atomic E-state index is 12.6. The molecule has 0 amide bonds. The molecule has 0 aromatic heterocycles. The van der Waals surface area contributed by atoms with E-state index in [1.54, 1.807) is 72.8 Å². The van der Waals surface area contributed by atoms with E-state index in [2.05, 4.69) is 13.8 Å². The molecule has 44 heavy (non-hydrogen) atoms. The number of esters is 2. The molecule has 0 aliphatic carbocycles. The van der Waals surface area contributed by atoms with E-state index < -0.39 is 11.9 Å². The minimum Gasteiger partial charge on any atom is -0.494 e. The fraction of sp³-hybridized carbons (Fsp3) is 0.474. The van der Waals surface area contributed by atoms with Crippen LogP contribution in [0.5, 0.6) is 23.0 Å². The predicted octanol–water partition coefficient (Wildman–Crippen LogP) is 10.4. The molecule has 0 bridgehead atoms. The lowest BCUT2D eigenvalue weighted by molar-refractivity contribution is 0.0719. The van der Waals surface area contributed by atoms with Gasteiger partial charge in [-0.25, -0.2) is 9.59 Å². The van der Waals surface area contributed by atoms with Crippen LogP contribution in [0.2, 0.25) is 0 Å². The molecular formula is C38H50O6. The largest absolute Gasteiger partial charge is 0.494 e. The van der Waals surface area contributed by atoms with Gasteiger partial charge in [-0.2, -0.15) is 0 Å².